The van der Waals surface area contributed by atoms with E-state index in [1.165, 1.54) is 13.2 Å². The smallest absolute Gasteiger partial charge is 0.373 e. The summed E-state index contributed by atoms with van der Waals surface area (Å²) in [6, 6.07) is 4.50. The van der Waals surface area contributed by atoms with Crippen LogP contribution in [0.4, 0.5) is 4.79 Å². The topological polar surface area (TPSA) is 88.9 Å². The van der Waals surface area contributed by atoms with Crippen LogP contribution in [0.3, 0.4) is 0 Å². The number of furan rings is 1. The van der Waals surface area contributed by atoms with E-state index in [0.717, 1.165) is 28.2 Å². The van der Waals surface area contributed by atoms with Gasteiger partial charge in [-0.2, -0.15) is 0 Å². The number of hydrogen-bond acceptors (Lipinski definition) is 6. The molecule has 1 aliphatic heterocycles. The molecule has 2 aromatic rings. The summed E-state index contributed by atoms with van der Waals surface area (Å²) in [5.74, 6) is -0.484. The minimum absolute atomic E-state index is 0.0249. The van der Waals surface area contributed by atoms with Gasteiger partial charge in [-0.25, -0.2) is 9.59 Å². The minimum Gasteiger partial charge on any atom is -0.463 e. The summed E-state index contributed by atoms with van der Waals surface area (Å²) in [7, 11) is 1.26. The number of hydrogen-bond donors (Lipinski definition) is 1. The first-order valence-electron chi connectivity index (χ1n) is 7.93. The van der Waals surface area contributed by atoms with Crippen molar-refractivity contribution in [3.63, 3.8) is 0 Å². The molecule has 0 aromatic carbocycles. The SMILES string of the molecule is COC(=O)c1ccc(CN2C(=O)NC3(CCCc4sccc43)C2=O)o1. The third-order valence-electron chi connectivity index (χ3n) is 4.70. The van der Waals surface area contributed by atoms with Crippen LogP contribution in [-0.2, 0) is 28.0 Å². The van der Waals surface area contributed by atoms with Crippen LogP contribution in [0, 0.1) is 0 Å². The van der Waals surface area contributed by atoms with Gasteiger partial charge in [-0.3, -0.25) is 9.69 Å². The number of aryl methyl sites for hydroxylation is 1. The van der Waals surface area contributed by atoms with Gasteiger partial charge in [0.1, 0.15) is 11.3 Å². The maximum atomic E-state index is 13.1. The van der Waals surface area contributed by atoms with Gasteiger partial charge in [0.2, 0.25) is 5.76 Å². The molecule has 0 radical (unpaired) electrons. The van der Waals surface area contributed by atoms with Gasteiger partial charge in [0, 0.05) is 10.4 Å². The highest BCUT2D eigenvalue weighted by molar-refractivity contribution is 7.10. The average molecular weight is 360 g/mol. The lowest BCUT2D eigenvalue weighted by Crippen LogP contribution is -2.45. The van der Waals surface area contributed by atoms with Gasteiger partial charge in [-0.1, -0.05) is 0 Å². The predicted molar refractivity (Wildman–Crippen MR) is 88.1 cm³/mol. The maximum Gasteiger partial charge on any atom is 0.373 e. The van der Waals surface area contributed by atoms with Gasteiger partial charge in [0.25, 0.3) is 5.91 Å². The zero-order chi connectivity index (χ0) is 17.6. The van der Waals surface area contributed by atoms with Crippen molar-refractivity contribution < 1.29 is 23.5 Å². The summed E-state index contributed by atoms with van der Waals surface area (Å²) in [5, 5.41) is 4.84. The van der Waals surface area contributed by atoms with Crippen molar-refractivity contribution in [3.8, 4) is 0 Å². The van der Waals surface area contributed by atoms with Crippen LogP contribution in [0.1, 0.15) is 39.6 Å². The fraction of sp³-hybridized carbons (Fsp3) is 0.353. The highest BCUT2D eigenvalue weighted by atomic mass is 32.1. The number of carbonyl (C=O) groups excluding carboxylic acids is 3. The number of esters is 1. The molecule has 25 heavy (non-hydrogen) atoms. The third-order valence-corrected chi connectivity index (χ3v) is 5.68. The number of urea groups is 1. The lowest BCUT2D eigenvalue weighted by Gasteiger charge is -2.31. The van der Waals surface area contributed by atoms with Crippen molar-refractivity contribution in [1.29, 1.82) is 0 Å². The zero-order valence-corrected chi connectivity index (χ0v) is 14.4. The summed E-state index contributed by atoms with van der Waals surface area (Å²) in [6.45, 7) is -0.0249. The first-order valence-corrected chi connectivity index (χ1v) is 8.81. The van der Waals surface area contributed by atoms with Crippen molar-refractivity contribution in [2.24, 2.45) is 0 Å². The van der Waals surface area contributed by atoms with Crippen LogP contribution in [0.5, 0.6) is 0 Å². The molecule has 1 aliphatic carbocycles. The van der Waals surface area contributed by atoms with E-state index in [4.69, 9.17) is 4.42 Å². The Hall–Kier alpha value is -2.61. The number of imide groups is 1. The van der Waals surface area contributed by atoms with Crippen molar-refractivity contribution >= 4 is 29.2 Å². The maximum absolute atomic E-state index is 13.1. The molecule has 8 heteroatoms. The number of nitrogens with one attached hydrogen (secondary N) is 1. The Morgan fingerprint density at radius 2 is 2.24 bits per heavy atom. The van der Waals surface area contributed by atoms with E-state index < -0.39 is 17.5 Å². The molecule has 3 heterocycles. The monoisotopic (exact) mass is 360 g/mol. The molecular formula is C17H16N2O5S. The second-order valence-corrected chi connectivity index (χ2v) is 7.10. The Balaban J connectivity index is 1.61. The lowest BCUT2D eigenvalue weighted by molar-refractivity contribution is -0.132. The Bertz CT molecular complexity index is 870. The molecule has 1 N–H and O–H groups in total. The van der Waals surface area contributed by atoms with Gasteiger partial charge in [-0.05, 0) is 42.8 Å². The molecule has 3 amide bonds. The Kier molecular flexibility index (Phi) is 3.64. The predicted octanol–water partition coefficient (Wildman–Crippen LogP) is 2.41. The fourth-order valence-corrected chi connectivity index (χ4v) is 4.51. The fourth-order valence-electron chi connectivity index (χ4n) is 3.51. The zero-order valence-electron chi connectivity index (χ0n) is 13.5. The molecule has 1 unspecified atom stereocenters. The number of methoxy groups -OCH3 is 1. The van der Waals surface area contributed by atoms with Crippen LogP contribution in [0.15, 0.2) is 28.0 Å². The molecule has 1 spiro atoms. The number of fused-ring (bicyclic) bond motifs is 2. The van der Waals surface area contributed by atoms with Gasteiger partial charge >= 0.3 is 12.0 Å². The van der Waals surface area contributed by atoms with E-state index in [1.807, 2.05) is 11.4 Å². The molecule has 2 aromatic heterocycles. The number of thiophene rings is 1. The molecule has 7 nitrogen and oxygen atoms in total. The van der Waals surface area contributed by atoms with Gasteiger partial charge in [-0.15, -0.1) is 11.3 Å². The number of nitrogens with zero attached hydrogens (tertiary/aromatic N) is 1. The molecule has 2 aliphatic rings. The van der Waals surface area contributed by atoms with Crippen molar-refractivity contribution in [3.05, 3.63) is 45.5 Å². The first-order chi connectivity index (χ1) is 12.0. The van der Waals surface area contributed by atoms with E-state index in [-0.39, 0.29) is 18.2 Å². The van der Waals surface area contributed by atoms with Crippen LogP contribution < -0.4 is 5.32 Å². The van der Waals surface area contributed by atoms with Crippen molar-refractivity contribution in [1.82, 2.24) is 10.2 Å². The second kappa shape index (κ2) is 5.73. The van der Waals surface area contributed by atoms with E-state index in [1.54, 1.807) is 17.4 Å². The van der Waals surface area contributed by atoms with E-state index in [9.17, 15) is 14.4 Å². The van der Waals surface area contributed by atoms with Gasteiger partial charge < -0.3 is 14.5 Å². The second-order valence-electron chi connectivity index (χ2n) is 6.10. The van der Waals surface area contributed by atoms with E-state index >= 15 is 0 Å². The van der Waals surface area contributed by atoms with Crippen molar-refractivity contribution in [2.45, 2.75) is 31.3 Å². The molecule has 1 fully saturated rings. The Morgan fingerprint density at radius 3 is 3.04 bits per heavy atom. The average Bonchev–Trinajstić information content (AvgIpc) is 3.31. The number of amides is 3. The molecule has 1 atom stereocenters. The summed E-state index contributed by atoms with van der Waals surface area (Å²) < 4.78 is 9.97. The quantitative estimate of drug-likeness (QED) is 0.671. The minimum atomic E-state index is -0.970. The van der Waals surface area contributed by atoms with E-state index in [2.05, 4.69) is 10.1 Å². The Morgan fingerprint density at radius 1 is 1.40 bits per heavy atom. The normalized spacial score (nSPS) is 22.2. The number of ether oxygens (including phenoxy) is 1. The van der Waals surface area contributed by atoms with E-state index in [0.29, 0.717) is 12.2 Å². The van der Waals surface area contributed by atoms with Gasteiger partial charge in [0.05, 0.1) is 13.7 Å². The molecular weight excluding hydrogens is 344 g/mol. The first kappa shape index (κ1) is 15.9. The molecule has 0 bridgehead atoms. The van der Waals surface area contributed by atoms with Crippen LogP contribution >= 0.6 is 11.3 Å². The highest BCUT2D eigenvalue weighted by Crippen LogP contribution is 2.42. The lowest BCUT2D eigenvalue weighted by atomic mass is 9.80. The summed E-state index contributed by atoms with van der Waals surface area (Å²) in [6.07, 6.45) is 2.36. The standard InChI is InChI=1S/C17H16N2O5S/c1-23-14(20)12-5-4-10(24-12)9-19-15(21)17(18-16(19)22)7-2-3-13-11(17)6-8-25-13/h4-6,8H,2-3,7,9H2,1H3,(H,18,22). The largest absolute Gasteiger partial charge is 0.463 e. The van der Waals surface area contributed by atoms with Crippen LogP contribution in [0.2, 0.25) is 0 Å². The molecule has 0 saturated carbocycles. The summed E-state index contributed by atoms with van der Waals surface area (Å²) in [4.78, 5) is 39.3. The summed E-state index contributed by atoms with van der Waals surface area (Å²) >= 11 is 1.61. The van der Waals surface area contributed by atoms with Crippen LogP contribution in [-0.4, -0.2) is 29.9 Å². The number of carbonyl (C=O) groups is 3. The highest BCUT2D eigenvalue weighted by Gasteiger charge is 2.54. The third kappa shape index (κ3) is 2.36. The Labute approximate surface area is 147 Å². The number of rotatable bonds is 3. The van der Waals surface area contributed by atoms with Crippen LogP contribution in [0.25, 0.3) is 0 Å². The molecule has 1 saturated heterocycles. The summed E-state index contributed by atoms with van der Waals surface area (Å²) in [5.41, 5.74) is -0.0677. The molecule has 130 valence electrons. The van der Waals surface area contributed by atoms with Gasteiger partial charge in [0.15, 0.2) is 0 Å². The molecule has 4 rings (SSSR count). The van der Waals surface area contributed by atoms with Crippen molar-refractivity contribution in [2.75, 3.05) is 7.11 Å².